The number of nitrogens with zero attached hydrogens (tertiary/aromatic N) is 1. The number of anilines is 3. The van der Waals surface area contributed by atoms with E-state index in [1.165, 1.54) is 72.3 Å². The van der Waals surface area contributed by atoms with E-state index in [-0.39, 0.29) is 5.41 Å². The van der Waals surface area contributed by atoms with Crippen LogP contribution < -0.4 is 4.90 Å². The van der Waals surface area contributed by atoms with Gasteiger partial charge in [0.15, 0.2) is 0 Å². The lowest BCUT2D eigenvalue weighted by atomic mass is 9.54. The fourth-order valence-electron chi connectivity index (χ4n) is 13.0. The number of rotatable bonds is 7. The van der Waals surface area contributed by atoms with Crippen molar-refractivity contribution in [1.29, 1.82) is 0 Å². The van der Waals surface area contributed by atoms with Gasteiger partial charge in [-0.1, -0.05) is 202 Å². The summed E-state index contributed by atoms with van der Waals surface area (Å²) in [6.07, 6.45) is 13.7. The first-order valence-corrected chi connectivity index (χ1v) is 23.5. The second kappa shape index (κ2) is 14.7. The average Bonchev–Trinajstić information content (AvgIpc) is 3.98. The van der Waals surface area contributed by atoms with E-state index >= 15 is 0 Å². The van der Waals surface area contributed by atoms with Crippen LogP contribution in [0.1, 0.15) is 71.2 Å². The molecule has 4 aliphatic carbocycles. The molecule has 4 aliphatic rings. The van der Waals surface area contributed by atoms with Gasteiger partial charge < -0.3 is 9.32 Å². The quantitative estimate of drug-likeness (QED) is 0.159. The smallest absolute Gasteiger partial charge is 0.137 e. The van der Waals surface area contributed by atoms with Gasteiger partial charge in [0, 0.05) is 39.2 Å². The molecule has 0 bridgehead atoms. The zero-order valence-corrected chi connectivity index (χ0v) is 37.3. The van der Waals surface area contributed by atoms with Crippen LogP contribution in [0.25, 0.3) is 33.1 Å². The highest BCUT2D eigenvalue weighted by atomic mass is 16.3. The highest BCUT2D eigenvalue weighted by molar-refractivity contribution is 6.10. The van der Waals surface area contributed by atoms with Gasteiger partial charge in [-0.05, 0) is 111 Å². The topological polar surface area (TPSA) is 16.4 Å². The molecule has 0 N–H and O–H groups in total. The van der Waals surface area contributed by atoms with Crippen molar-refractivity contribution in [2.75, 3.05) is 4.90 Å². The van der Waals surface area contributed by atoms with Crippen LogP contribution in [-0.2, 0) is 10.8 Å². The first-order chi connectivity index (χ1) is 32.5. The molecule has 316 valence electrons. The number of furan rings is 1. The number of fused-ring (bicyclic) bond motifs is 8. The highest BCUT2D eigenvalue weighted by Gasteiger charge is 2.60. The summed E-state index contributed by atoms with van der Waals surface area (Å²) in [5.74, 6) is 0.405. The van der Waals surface area contributed by atoms with Crippen molar-refractivity contribution in [2.45, 2.75) is 37.5 Å². The summed E-state index contributed by atoms with van der Waals surface area (Å²) in [6.45, 7) is 4.83. The maximum atomic E-state index is 7.12. The number of hydrogen-bond acceptors (Lipinski definition) is 2. The van der Waals surface area contributed by atoms with E-state index in [2.05, 4.69) is 249 Å². The summed E-state index contributed by atoms with van der Waals surface area (Å²) in [6, 6.07) is 74.2. The minimum absolute atomic E-state index is 0.240. The maximum Gasteiger partial charge on any atom is 0.137 e. The molecule has 3 atom stereocenters. The predicted molar refractivity (Wildman–Crippen MR) is 274 cm³/mol. The Hall–Kier alpha value is -7.68. The summed E-state index contributed by atoms with van der Waals surface area (Å²) in [5, 5.41) is 2.30. The SMILES string of the molecule is CC1C=CC2=C(C1)c1c(N(c3ccccc3)c3ccc4c(c3)oc3cccc(C5(c6ccccc6)c6ccccc6C6=CC=CCC65C)c34)cccc1C2(c1ccccc1)c1ccccc1. The molecular weight excluding hydrogens is 799 g/mol. The Balaban J connectivity index is 1.06. The third kappa shape index (κ3) is 5.19. The molecule has 13 rings (SSSR count). The lowest BCUT2D eigenvalue weighted by Gasteiger charge is -2.47. The molecule has 1 heterocycles. The van der Waals surface area contributed by atoms with Gasteiger partial charge in [-0.3, -0.25) is 0 Å². The second-order valence-electron chi connectivity index (χ2n) is 19.0. The number of allylic oxidation sites excluding steroid dienone is 8. The zero-order valence-electron chi connectivity index (χ0n) is 37.3. The fraction of sp³-hybridized carbons (Fsp3) is 0.125. The highest BCUT2D eigenvalue weighted by Crippen LogP contribution is 2.68. The standard InChI is InChI=1S/C64H49NO/c1-43-36-39-53-51(41-43)60-55(63(53,44-21-7-3-8-22-44)45-23-9-4-10-24-45)32-19-34-57(60)65(47-27-13-6-14-28-47)48-37-38-50-59(42-48)66-58-35-20-33-56(61(50)58)64(46-25-11-5-12-26-46)54-31-16-15-29-49(54)52-30-17-18-40-62(52,64)2/h3-39,42-43H,40-41H2,1-2H3. The maximum absolute atomic E-state index is 7.12. The molecule has 0 fully saturated rings. The summed E-state index contributed by atoms with van der Waals surface area (Å²) in [5.41, 5.74) is 18.6. The van der Waals surface area contributed by atoms with Crippen molar-refractivity contribution < 1.29 is 4.42 Å². The molecule has 0 radical (unpaired) electrons. The van der Waals surface area contributed by atoms with E-state index < -0.39 is 10.8 Å². The Labute approximate surface area is 387 Å². The Morgan fingerprint density at radius 1 is 0.576 bits per heavy atom. The van der Waals surface area contributed by atoms with Crippen molar-refractivity contribution in [3.8, 4) is 0 Å². The number of para-hydroxylation sites is 1. The van der Waals surface area contributed by atoms with Crippen molar-refractivity contribution in [3.63, 3.8) is 0 Å². The molecule has 0 saturated carbocycles. The van der Waals surface area contributed by atoms with Crippen LogP contribution in [0, 0.1) is 11.3 Å². The van der Waals surface area contributed by atoms with E-state index in [4.69, 9.17) is 4.42 Å². The number of hydrogen-bond donors (Lipinski definition) is 0. The first kappa shape index (κ1) is 38.8. The summed E-state index contributed by atoms with van der Waals surface area (Å²) >= 11 is 0. The Morgan fingerprint density at radius 2 is 1.21 bits per heavy atom. The van der Waals surface area contributed by atoms with Gasteiger partial charge in [0.1, 0.15) is 11.2 Å². The van der Waals surface area contributed by atoms with Gasteiger partial charge in [0.25, 0.3) is 0 Å². The molecule has 2 heteroatoms. The predicted octanol–water partition coefficient (Wildman–Crippen LogP) is 16.5. The van der Waals surface area contributed by atoms with Crippen molar-refractivity contribution in [1.82, 2.24) is 0 Å². The molecular formula is C64H49NO. The third-order valence-electron chi connectivity index (χ3n) is 15.6. The van der Waals surface area contributed by atoms with Crippen LogP contribution in [0.5, 0.6) is 0 Å². The van der Waals surface area contributed by atoms with E-state index in [9.17, 15) is 0 Å². The zero-order chi connectivity index (χ0) is 44.0. The Bertz CT molecular complexity index is 3460. The monoisotopic (exact) mass is 847 g/mol. The third-order valence-corrected chi connectivity index (χ3v) is 15.6. The largest absolute Gasteiger partial charge is 0.456 e. The molecule has 0 spiro atoms. The van der Waals surface area contributed by atoms with E-state index in [1.54, 1.807) is 0 Å². The molecule has 0 aliphatic heterocycles. The fourth-order valence-corrected chi connectivity index (χ4v) is 13.0. The minimum atomic E-state index is -0.478. The van der Waals surface area contributed by atoms with Crippen LogP contribution >= 0.6 is 0 Å². The molecule has 2 nitrogen and oxygen atoms in total. The average molecular weight is 848 g/mol. The van der Waals surface area contributed by atoms with Crippen molar-refractivity contribution >= 4 is 50.1 Å². The normalized spacial score (nSPS) is 21.1. The van der Waals surface area contributed by atoms with Gasteiger partial charge in [0.05, 0.1) is 16.5 Å². The summed E-state index contributed by atoms with van der Waals surface area (Å²) in [4.78, 5) is 2.47. The molecule has 1 aromatic heterocycles. The van der Waals surface area contributed by atoms with E-state index in [0.29, 0.717) is 5.92 Å². The molecule has 66 heavy (non-hydrogen) atoms. The van der Waals surface area contributed by atoms with Crippen molar-refractivity contribution in [2.24, 2.45) is 11.3 Å². The minimum Gasteiger partial charge on any atom is -0.456 e. The van der Waals surface area contributed by atoms with Crippen LogP contribution in [0.4, 0.5) is 17.1 Å². The molecule has 0 saturated heterocycles. The molecule has 3 unspecified atom stereocenters. The van der Waals surface area contributed by atoms with Gasteiger partial charge >= 0.3 is 0 Å². The van der Waals surface area contributed by atoms with Crippen LogP contribution in [0.2, 0.25) is 0 Å². The van der Waals surface area contributed by atoms with Gasteiger partial charge in [-0.2, -0.15) is 0 Å². The van der Waals surface area contributed by atoms with Crippen LogP contribution in [-0.4, -0.2) is 0 Å². The van der Waals surface area contributed by atoms with E-state index in [1.807, 2.05) is 0 Å². The van der Waals surface area contributed by atoms with Crippen LogP contribution in [0.15, 0.2) is 241 Å². The van der Waals surface area contributed by atoms with Gasteiger partial charge in [-0.15, -0.1) is 0 Å². The first-order valence-electron chi connectivity index (χ1n) is 23.5. The molecule has 9 aromatic rings. The van der Waals surface area contributed by atoms with Crippen molar-refractivity contribution in [3.05, 3.63) is 281 Å². The Kier molecular flexibility index (Phi) is 8.61. The lowest BCUT2D eigenvalue weighted by molar-refractivity contribution is 0.323. The summed E-state index contributed by atoms with van der Waals surface area (Å²) in [7, 11) is 0. The molecule has 0 amide bonds. The van der Waals surface area contributed by atoms with Gasteiger partial charge in [-0.25, -0.2) is 0 Å². The molecule has 8 aromatic carbocycles. The summed E-state index contributed by atoms with van der Waals surface area (Å²) < 4.78 is 7.12. The number of benzene rings is 8. The second-order valence-corrected chi connectivity index (χ2v) is 19.0. The van der Waals surface area contributed by atoms with Crippen LogP contribution in [0.3, 0.4) is 0 Å². The Morgan fingerprint density at radius 3 is 1.95 bits per heavy atom. The van der Waals surface area contributed by atoms with Gasteiger partial charge in [0.2, 0.25) is 0 Å². The van der Waals surface area contributed by atoms with E-state index in [0.717, 1.165) is 40.8 Å². The lowest BCUT2D eigenvalue weighted by Crippen LogP contribution is -2.42.